The highest BCUT2D eigenvalue weighted by Crippen LogP contribution is 2.40. The van der Waals surface area contributed by atoms with Crippen molar-refractivity contribution in [3.05, 3.63) is 0 Å². The summed E-state index contributed by atoms with van der Waals surface area (Å²) >= 11 is 0. The third-order valence-electron chi connectivity index (χ3n) is 18.2. The zero-order valence-corrected chi connectivity index (χ0v) is 54.3. The molecule has 0 spiro atoms. The Morgan fingerprint density at radius 3 is 1.06 bits per heavy atom. The van der Waals surface area contributed by atoms with Crippen molar-refractivity contribution in [1.29, 1.82) is 0 Å². The lowest BCUT2D eigenvalue weighted by atomic mass is 9.93. The van der Waals surface area contributed by atoms with Gasteiger partial charge < -0.3 is 205 Å². The van der Waals surface area contributed by atoms with E-state index in [1.54, 1.807) is 0 Å². The predicted octanol–water partition coefficient (Wildman–Crippen LogP) is -17.9. The number of aliphatic hydroxyl groups excluding tert-OH is 22. The van der Waals surface area contributed by atoms with Gasteiger partial charge >= 0.3 is 0 Å². The fourth-order valence-electron chi connectivity index (χ4n) is 13.0. The maximum absolute atomic E-state index is 13.0. The first kappa shape index (κ1) is 83.0. The normalized spacial score (nSPS) is 48.3. The number of carbonyl (C=O) groups excluding carboxylic acids is 4. The van der Waals surface area contributed by atoms with Crippen LogP contribution < -0.4 is 21.3 Å². The van der Waals surface area contributed by atoms with Crippen LogP contribution in [0.4, 0.5) is 0 Å². The van der Waals surface area contributed by atoms with Gasteiger partial charge in [0.05, 0.1) is 52.9 Å². The van der Waals surface area contributed by atoms with Gasteiger partial charge in [-0.25, -0.2) is 0 Å². The molecule has 8 aliphatic heterocycles. The molecule has 0 aromatic rings. The Morgan fingerprint density at radius 1 is 0.257 bits per heavy atom. The summed E-state index contributed by atoms with van der Waals surface area (Å²) in [6, 6.07) is -7.26. The lowest BCUT2D eigenvalue weighted by molar-refractivity contribution is -0.403. The largest absolute Gasteiger partial charge is 0.394 e. The minimum Gasteiger partial charge on any atom is -0.394 e. The van der Waals surface area contributed by atoms with Gasteiger partial charge in [-0.1, -0.05) is 0 Å². The second-order valence-electron chi connectivity index (χ2n) is 25.4. The molecule has 0 aliphatic carbocycles. The van der Waals surface area contributed by atoms with Gasteiger partial charge in [0.1, 0.15) is 195 Å². The molecule has 45 nitrogen and oxygen atoms in total. The summed E-state index contributed by atoms with van der Waals surface area (Å²) in [6.07, 6.45) is -74.1. The van der Waals surface area contributed by atoms with Gasteiger partial charge in [0.2, 0.25) is 23.6 Å². The molecule has 8 rings (SSSR count). The van der Waals surface area contributed by atoms with Crippen LogP contribution >= 0.6 is 0 Å². The van der Waals surface area contributed by atoms with Gasteiger partial charge in [0.15, 0.2) is 50.3 Å². The van der Waals surface area contributed by atoms with E-state index in [4.69, 9.17) is 71.1 Å². The maximum atomic E-state index is 13.0. The number of nitrogens with one attached hydrogen (secondary N) is 4. The van der Waals surface area contributed by atoms with Crippen LogP contribution in [0.1, 0.15) is 27.7 Å². The van der Waals surface area contributed by atoms with Crippen LogP contribution in [-0.4, -0.2) is 434 Å². The fourth-order valence-corrected chi connectivity index (χ4v) is 13.0. The van der Waals surface area contributed by atoms with E-state index in [0.29, 0.717) is 0 Å². The fraction of sp³-hybridized carbons (Fsp3) is 0.929. The first-order valence-corrected chi connectivity index (χ1v) is 32.1. The summed E-state index contributed by atoms with van der Waals surface area (Å²) in [4.78, 5) is 50.7. The van der Waals surface area contributed by atoms with Crippen LogP contribution in [0.5, 0.6) is 0 Å². The molecule has 0 saturated carbocycles. The Bertz CT molecular complexity index is 2640. The number of aliphatic hydroxyl groups is 22. The second-order valence-corrected chi connectivity index (χ2v) is 25.4. The Balaban J connectivity index is 1.17. The molecule has 45 heteroatoms. The number of amides is 4. The topological polar surface area (TPSA) is 700 Å². The molecular weight excluding hydrogens is 1380 g/mol. The summed E-state index contributed by atoms with van der Waals surface area (Å²) < 4.78 is 89.0. The van der Waals surface area contributed by atoms with Crippen molar-refractivity contribution in [3.8, 4) is 0 Å². The Morgan fingerprint density at radius 2 is 0.564 bits per heavy atom. The summed E-state index contributed by atoms with van der Waals surface area (Å²) in [7, 11) is 0. The molecule has 26 N–H and O–H groups in total. The molecule has 40 atom stereocenters. The molecule has 8 heterocycles. The highest BCUT2D eigenvalue weighted by Gasteiger charge is 2.61. The molecule has 8 aliphatic rings. The molecule has 101 heavy (non-hydrogen) atoms. The van der Waals surface area contributed by atoms with Crippen molar-refractivity contribution in [3.63, 3.8) is 0 Å². The molecule has 8 saturated heterocycles. The highest BCUT2D eigenvalue weighted by atomic mass is 16.8. The van der Waals surface area contributed by atoms with Gasteiger partial charge in [-0.15, -0.1) is 0 Å². The lowest BCUT2D eigenvalue weighted by Crippen LogP contribution is -2.71. The molecule has 0 aromatic carbocycles. The number of hydrogen-bond donors (Lipinski definition) is 26. The average molecular weight is 1480 g/mol. The van der Waals surface area contributed by atoms with Gasteiger partial charge in [-0.05, 0) is 0 Å². The van der Waals surface area contributed by atoms with Gasteiger partial charge in [0.25, 0.3) is 0 Å². The number of carbonyl (C=O) groups is 4. The van der Waals surface area contributed by atoms with Gasteiger partial charge in [-0.3, -0.25) is 19.2 Å². The molecule has 0 bridgehead atoms. The molecule has 4 amide bonds. The zero-order chi connectivity index (χ0) is 74.5. The van der Waals surface area contributed by atoms with E-state index in [2.05, 4.69) is 21.3 Å². The van der Waals surface area contributed by atoms with Crippen molar-refractivity contribution >= 4 is 23.6 Å². The number of rotatable bonds is 26. The Hall–Kier alpha value is -3.60. The zero-order valence-electron chi connectivity index (χ0n) is 54.3. The summed E-state index contributed by atoms with van der Waals surface area (Å²) in [5.41, 5.74) is 0. The number of ether oxygens (including phenoxy) is 15. The van der Waals surface area contributed by atoms with E-state index in [1.807, 2.05) is 0 Å². The molecular formula is C56H94N4O41. The SMILES string of the molecule is CC(=O)N[C@@H]1[C@@H](O)[C@H](O[C@@H]2O[C@H](CO)[C@@H](O[C@@H]3O[C@H](CO[C@H]4O[C@H](CO)[C@@H](O)[C@H](O)[C@@H]4O)[C@@H](O)[C@H](O[C@H]4O[C@H](CO)[C@@H](O[C@@H]5O[C@H](CO)[C@@H](O)[C@H](O[C@@H]6O[C@H](CO)[C@H](O)[C@H](O)[C@H]6O)[C@H]5NC(C)=O)[C@H](O)[C@@H]4O[C@@H]4O[C@H](CO)[C@@H](O)[C@H](O)[C@H]4NC(C)=O)[C@@H]3O)[C@H](O)[C@H]2NC(C)=O)[C@@H](CO)O[C@H]1O. The van der Waals surface area contributed by atoms with Crippen molar-refractivity contribution in [2.24, 2.45) is 0 Å². The average Bonchev–Trinajstić information content (AvgIpc) is 0.763. The van der Waals surface area contributed by atoms with Crippen LogP contribution in [0.25, 0.3) is 0 Å². The monoisotopic (exact) mass is 1480 g/mol. The summed E-state index contributed by atoms with van der Waals surface area (Å²) in [5.74, 6) is -3.53. The quantitative estimate of drug-likeness (QED) is 0.0382. The predicted molar refractivity (Wildman–Crippen MR) is 311 cm³/mol. The Kier molecular flexibility index (Phi) is 29.9. The van der Waals surface area contributed by atoms with Crippen molar-refractivity contribution in [2.45, 2.75) is 273 Å². The summed E-state index contributed by atoms with van der Waals surface area (Å²) in [5, 5.41) is 252. The van der Waals surface area contributed by atoms with Gasteiger partial charge in [-0.2, -0.15) is 0 Å². The van der Waals surface area contributed by atoms with Crippen molar-refractivity contribution < 1.29 is 203 Å². The van der Waals surface area contributed by atoms with E-state index >= 15 is 0 Å². The second kappa shape index (κ2) is 36.3. The van der Waals surface area contributed by atoms with E-state index < -0.39 is 322 Å². The van der Waals surface area contributed by atoms with Crippen LogP contribution in [-0.2, 0) is 90.2 Å². The van der Waals surface area contributed by atoms with E-state index in [0.717, 1.165) is 27.7 Å². The highest BCUT2D eigenvalue weighted by molar-refractivity contribution is 5.74. The molecule has 0 aromatic heterocycles. The third kappa shape index (κ3) is 18.5. The molecule has 0 radical (unpaired) electrons. The van der Waals surface area contributed by atoms with Crippen LogP contribution in [0, 0.1) is 0 Å². The van der Waals surface area contributed by atoms with E-state index in [9.17, 15) is 132 Å². The van der Waals surface area contributed by atoms with E-state index in [1.165, 1.54) is 0 Å². The Labute approximate surface area is 572 Å². The van der Waals surface area contributed by atoms with Crippen molar-refractivity contribution in [2.75, 3.05) is 52.9 Å². The number of hydrogen-bond acceptors (Lipinski definition) is 41. The standard InChI is InChI=1S/C56H94N4O41/c1-13(68)57-25-35(78)43(21(9-65)88-49(25)86)96-51-27(59-15(3)70)36(79)44(22(10-66)93-51)98-55-42(85)47(33(76)24(95-55)12-87-53-39(82)37(80)30(73)18(6-62)91-53)100-56-48(101-50-26(58-14(2)69)34(77)29(72)17(5-61)89-50)41(84)45(23(11-67)94-56)97-52-28(60-16(4)71)46(32(75)20(8-64)90-52)99-54-40(83)38(81)31(74)19(7-63)92-54/h17-56,61-67,72-86H,5-12H2,1-4H3,(H,57,68)(H,58,69)(H,59,70)(H,60,71)/t17-,18-,19-,20-,21-,22-,23-,24-,25-,26-,27-,28-,29-,30-,31+,32-,33-,34-,35-,36-,37+,38+,39+,40-,41+,42+,43-,44-,45-,46-,47+,48+,49-,50+,51+,52+,53+,54+,55+,56-/m1/s1. The minimum atomic E-state index is -2.53. The third-order valence-corrected chi connectivity index (χ3v) is 18.2. The van der Waals surface area contributed by atoms with Gasteiger partial charge in [0, 0.05) is 27.7 Å². The van der Waals surface area contributed by atoms with Crippen molar-refractivity contribution in [1.82, 2.24) is 21.3 Å². The summed E-state index contributed by atoms with van der Waals surface area (Å²) in [6.45, 7) is -4.66. The molecule has 584 valence electrons. The van der Waals surface area contributed by atoms with Crippen LogP contribution in [0.15, 0.2) is 0 Å². The maximum Gasteiger partial charge on any atom is 0.217 e. The first-order valence-electron chi connectivity index (χ1n) is 32.1. The van der Waals surface area contributed by atoms with Crippen LogP contribution in [0.3, 0.4) is 0 Å². The van der Waals surface area contributed by atoms with E-state index in [-0.39, 0.29) is 0 Å². The molecule has 0 unspecified atom stereocenters. The lowest BCUT2D eigenvalue weighted by Gasteiger charge is -2.52. The van der Waals surface area contributed by atoms with Crippen LogP contribution in [0.2, 0.25) is 0 Å². The minimum absolute atomic E-state index is 0.767. The first-order chi connectivity index (χ1) is 47.8. The smallest absolute Gasteiger partial charge is 0.217 e. The molecule has 8 fully saturated rings.